The standard InChI is InChI=1S/C27H36ClN3O5S/c1-20(27(33)29-22-12-7-8-13-22)30(19-21-10-5-4-6-11-21)26(32)14-9-17-31(37(3,34)35)23-15-16-25(36-2)24(28)18-23/h4-6,10-11,15-16,18,20,22H,7-9,12-14,17,19H2,1-3H3,(H,29,33)/t20-/m0/s1. The molecule has 2 amide bonds. The van der Waals surface area contributed by atoms with E-state index in [2.05, 4.69) is 5.32 Å². The predicted molar refractivity (Wildman–Crippen MR) is 146 cm³/mol. The molecule has 8 nitrogen and oxygen atoms in total. The van der Waals surface area contributed by atoms with Crippen LogP contribution < -0.4 is 14.4 Å². The minimum atomic E-state index is -3.62. The normalized spacial score (nSPS) is 14.7. The number of nitrogens with one attached hydrogen (secondary N) is 1. The molecule has 1 saturated carbocycles. The SMILES string of the molecule is COc1ccc(N(CCCC(=O)N(Cc2ccccc2)[C@@H](C)C(=O)NC2CCCC2)S(C)(=O)=O)cc1Cl. The molecule has 0 heterocycles. The molecule has 0 aliphatic heterocycles. The van der Waals surface area contributed by atoms with Gasteiger partial charge in [-0.3, -0.25) is 13.9 Å². The Morgan fingerprint density at radius 2 is 1.81 bits per heavy atom. The van der Waals surface area contributed by atoms with Gasteiger partial charge in [0.15, 0.2) is 0 Å². The molecule has 1 fully saturated rings. The largest absolute Gasteiger partial charge is 0.495 e. The number of carbonyl (C=O) groups excluding carboxylic acids is 2. The van der Waals surface area contributed by atoms with Gasteiger partial charge in [0, 0.05) is 25.6 Å². The molecule has 202 valence electrons. The number of rotatable bonds is 12. The molecular formula is C27H36ClN3O5S. The number of anilines is 1. The van der Waals surface area contributed by atoms with Crippen molar-refractivity contribution in [3.63, 3.8) is 0 Å². The second kappa shape index (κ2) is 13.1. The number of hydrogen-bond acceptors (Lipinski definition) is 5. The second-order valence-electron chi connectivity index (χ2n) is 9.43. The molecule has 37 heavy (non-hydrogen) atoms. The Balaban J connectivity index is 1.71. The molecule has 3 rings (SSSR count). The zero-order valence-corrected chi connectivity index (χ0v) is 23.2. The molecule has 0 aromatic heterocycles. The van der Waals surface area contributed by atoms with Crippen LogP contribution in [0.1, 0.15) is 51.0 Å². The van der Waals surface area contributed by atoms with Crippen molar-refractivity contribution in [2.24, 2.45) is 0 Å². The summed E-state index contributed by atoms with van der Waals surface area (Å²) < 4.78 is 31.4. The zero-order chi connectivity index (χ0) is 27.0. The quantitative estimate of drug-likeness (QED) is 0.424. The van der Waals surface area contributed by atoms with Crippen LogP contribution in [0, 0.1) is 0 Å². The van der Waals surface area contributed by atoms with E-state index in [9.17, 15) is 18.0 Å². The summed E-state index contributed by atoms with van der Waals surface area (Å²) in [6.45, 7) is 2.13. The number of carbonyl (C=O) groups is 2. The molecule has 1 atom stereocenters. The second-order valence-corrected chi connectivity index (χ2v) is 11.7. The van der Waals surface area contributed by atoms with Crippen molar-refractivity contribution in [3.8, 4) is 5.75 Å². The van der Waals surface area contributed by atoms with Crippen LogP contribution in [0.25, 0.3) is 0 Å². The van der Waals surface area contributed by atoms with E-state index < -0.39 is 16.1 Å². The van der Waals surface area contributed by atoms with Gasteiger partial charge >= 0.3 is 0 Å². The van der Waals surface area contributed by atoms with Crippen LogP contribution in [0.4, 0.5) is 5.69 Å². The first kappa shape index (κ1) is 28.8. The summed E-state index contributed by atoms with van der Waals surface area (Å²) in [5, 5.41) is 3.38. The van der Waals surface area contributed by atoms with Gasteiger partial charge in [-0.2, -0.15) is 0 Å². The maximum atomic E-state index is 13.4. The number of amides is 2. The minimum Gasteiger partial charge on any atom is -0.495 e. The molecule has 10 heteroatoms. The summed E-state index contributed by atoms with van der Waals surface area (Å²) in [5.74, 6) is 0.0661. The Morgan fingerprint density at radius 3 is 2.41 bits per heavy atom. The van der Waals surface area contributed by atoms with E-state index in [-0.39, 0.29) is 37.2 Å². The summed E-state index contributed by atoms with van der Waals surface area (Å²) >= 11 is 6.21. The van der Waals surface area contributed by atoms with Crippen LogP contribution in [-0.2, 0) is 26.2 Å². The molecule has 0 saturated heterocycles. The molecule has 0 spiro atoms. The Morgan fingerprint density at radius 1 is 1.14 bits per heavy atom. The molecule has 0 bridgehead atoms. The fourth-order valence-electron chi connectivity index (χ4n) is 4.57. The van der Waals surface area contributed by atoms with Crippen molar-refractivity contribution in [1.82, 2.24) is 10.2 Å². The lowest BCUT2D eigenvalue weighted by Gasteiger charge is -2.30. The topological polar surface area (TPSA) is 96.0 Å². The number of sulfonamides is 1. The van der Waals surface area contributed by atoms with E-state index in [0.29, 0.717) is 23.0 Å². The van der Waals surface area contributed by atoms with Gasteiger partial charge in [0.2, 0.25) is 21.8 Å². The van der Waals surface area contributed by atoms with Gasteiger partial charge in [-0.25, -0.2) is 8.42 Å². The number of benzene rings is 2. The molecule has 1 N–H and O–H groups in total. The number of ether oxygens (including phenoxy) is 1. The fourth-order valence-corrected chi connectivity index (χ4v) is 5.78. The number of methoxy groups -OCH3 is 1. The molecule has 0 radical (unpaired) electrons. The smallest absolute Gasteiger partial charge is 0.242 e. The Bertz CT molecular complexity index is 1170. The fraction of sp³-hybridized carbons (Fsp3) is 0.481. The minimum absolute atomic E-state index is 0.0871. The van der Waals surface area contributed by atoms with E-state index in [4.69, 9.17) is 16.3 Å². The van der Waals surface area contributed by atoms with E-state index >= 15 is 0 Å². The summed E-state index contributed by atoms with van der Waals surface area (Å²) in [6.07, 6.45) is 5.60. The lowest BCUT2D eigenvalue weighted by atomic mass is 10.1. The molecular weight excluding hydrogens is 514 g/mol. The average Bonchev–Trinajstić information content (AvgIpc) is 3.37. The van der Waals surface area contributed by atoms with Gasteiger partial charge in [-0.05, 0) is 49.9 Å². The molecule has 0 unspecified atom stereocenters. The Kier molecular flexibility index (Phi) is 10.2. The van der Waals surface area contributed by atoms with Gasteiger partial charge in [0.1, 0.15) is 11.8 Å². The highest BCUT2D eigenvalue weighted by molar-refractivity contribution is 7.92. The summed E-state index contributed by atoms with van der Waals surface area (Å²) in [7, 11) is -2.14. The number of halogens is 1. The van der Waals surface area contributed by atoms with Crippen LogP contribution in [0.2, 0.25) is 5.02 Å². The van der Waals surface area contributed by atoms with Gasteiger partial charge in [0.25, 0.3) is 0 Å². The lowest BCUT2D eigenvalue weighted by Crippen LogP contribution is -2.49. The van der Waals surface area contributed by atoms with Crippen molar-refractivity contribution < 1.29 is 22.7 Å². The highest BCUT2D eigenvalue weighted by Gasteiger charge is 2.28. The molecule has 2 aromatic rings. The predicted octanol–water partition coefficient (Wildman–Crippen LogP) is 4.37. The summed E-state index contributed by atoms with van der Waals surface area (Å²) in [6, 6.07) is 13.8. The first-order valence-electron chi connectivity index (χ1n) is 12.5. The molecule has 1 aliphatic carbocycles. The van der Waals surface area contributed by atoms with Crippen molar-refractivity contribution in [1.29, 1.82) is 0 Å². The van der Waals surface area contributed by atoms with Crippen LogP contribution in [0.15, 0.2) is 48.5 Å². The molecule has 2 aromatic carbocycles. The lowest BCUT2D eigenvalue weighted by molar-refractivity contribution is -0.141. The van der Waals surface area contributed by atoms with E-state index in [1.165, 1.54) is 17.5 Å². The monoisotopic (exact) mass is 549 g/mol. The number of hydrogen-bond donors (Lipinski definition) is 1. The van der Waals surface area contributed by atoms with Crippen LogP contribution in [0.5, 0.6) is 5.75 Å². The van der Waals surface area contributed by atoms with E-state index in [1.807, 2.05) is 30.3 Å². The average molecular weight is 550 g/mol. The zero-order valence-electron chi connectivity index (χ0n) is 21.7. The van der Waals surface area contributed by atoms with E-state index in [0.717, 1.165) is 37.5 Å². The first-order chi connectivity index (χ1) is 17.6. The summed E-state index contributed by atoms with van der Waals surface area (Å²) in [4.78, 5) is 28.0. The maximum Gasteiger partial charge on any atom is 0.242 e. The Hall–Kier alpha value is -2.78. The van der Waals surface area contributed by atoms with Gasteiger partial charge in [-0.1, -0.05) is 54.8 Å². The van der Waals surface area contributed by atoms with Crippen molar-refractivity contribution in [2.75, 3.05) is 24.2 Å². The highest BCUT2D eigenvalue weighted by Crippen LogP contribution is 2.30. The Labute approximate surface area is 225 Å². The van der Waals surface area contributed by atoms with Crippen molar-refractivity contribution >= 4 is 39.1 Å². The maximum absolute atomic E-state index is 13.4. The van der Waals surface area contributed by atoms with Crippen LogP contribution in [0.3, 0.4) is 0 Å². The van der Waals surface area contributed by atoms with Crippen molar-refractivity contribution in [2.45, 2.75) is 64.1 Å². The highest BCUT2D eigenvalue weighted by atomic mass is 35.5. The van der Waals surface area contributed by atoms with Gasteiger partial charge in [-0.15, -0.1) is 0 Å². The van der Waals surface area contributed by atoms with Crippen molar-refractivity contribution in [3.05, 3.63) is 59.1 Å². The van der Waals surface area contributed by atoms with Gasteiger partial charge in [0.05, 0.1) is 24.1 Å². The van der Waals surface area contributed by atoms with Crippen LogP contribution >= 0.6 is 11.6 Å². The van der Waals surface area contributed by atoms with Crippen LogP contribution in [-0.4, -0.2) is 57.1 Å². The third kappa shape index (κ3) is 8.10. The third-order valence-corrected chi connectivity index (χ3v) is 8.13. The summed E-state index contributed by atoms with van der Waals surface area (Å²) in [5.41, 5.74) is 1.31. The first-order valence-corrected chi connectivity index (χ1v) is 14.8. The third-order valence-electron chi connectivity index (χ3n) is 6.64. The van der Waals surface area contributed by atoms with E-state index in [1.54, 1.807) is 24.0 Å². The van der Waals surface area contributed by atoms with Gasteiger partial charge < -0.3 is 15.0 Å². The molecule has 1 aliphatic rings. The number of nitrogens with zero attached hydrogens (tertiary/aromatic N) is 2.